The molecule has 2 fully saturated rings. The molecular weight excluding hydrogens is 322 g/mol. The fraction of sp³-hybridized carbons (Fsp3) is 0.591. The van der Waals surface area contributed by atoms with Crippen LogP contribution in [0.25, 0.3) is 10.9 Å². The van der Waals surface area contributed by atoms with E-state index in [1.54, 1.807) is 0 Å². The first-order valence-electron chi connectivity index (χ1n) is 10.2. The highest BCUT2D eigenvalue weighted by Gasteiger charge is 2.36. The van der Waals surface area contributed by atoms with Gasteiger partial charge in [-0.1, -0.05) is 31.4 Å². The second kappa shape index (κ2) is 7.07. The molecule has 1 saturated carbocycles. The Hall–Kier alpha value is -1.81. The van der Waals surface area contributed by atoms with Gasteiger partial charge < -0.3 is 14.8 Å². The molecule has 0 unspecified atom stereocenters. The van der Waals surface area contributed by atoms with Crippen LogP contribution in [0.3, 0.4) is 0 Å². The van der Waals surface area contributed by atoms with Gasteiger partial charge in [0.25, 0.3) is 5.91 Å². The molecule has 4 heteroatoms. The van der Waals surface area contributed by atoms with E-state index in [4.69, 9.17) is 0 Å². The Labute approximate surface area is 156 Å². The number of nitrogens with zero attached hydrogens (tertiary/aromatic N) is 2. The Kier molecular flexibility index (Phi) is 4.78. The van der Waals surface area contributed by atoms with Crippen molar-refractivity contribution in [2.45, 2.75) is 57.4 Å². The first kappa shape index (κ1) is 17.6. The molecule has 0 spiro atoms. The molecular formula is C22H31N3O. The van der Waals surface area contributed by atoms with Gasteiger partial charge in [-0.25, -0.2) is 0 Å². The lowest BCUT2D eigenvalue weighted by Gasteiger charge is -2.41. The van der Waals surface area contributed by atoms with Crippen LogP contribution < -0.4 is 5.32 Å². The number of hydrogen-bond acceptors (Lipinski definition) is 2. The van der Waals surface area contributed by atoms with Crippen molar-refractivity contribution >= 4 is 16.8 Å². The fourth-order valence-corrected chi connectivity index (χ4v) is 4.88. The first-order chi connectivity index (χ1) is 12.6. The van der Waals surface area contributed by atoms with Gasteiger partial charge in [0.1, 0.15) is 5.69 Å². The molecule has 2 aromatic rings. The van der Waals surface area contributed by atoms with Crippen molar-refractivity contribution in [3.8, 4) is 0 Å². The van der Waals surface area contributed by atoms with Gasteiger partial charge in [-0.15, -0.1) is 0 Å². The van der Waals surface area contributed by atoms with Crippen LogP contribution >= 0.6 is 0 Å². The lowest BCUT2D eigenvalue weighted by Crippen LogP contribution is -2.56. The van der Waals surface area contributed by atoms with Crippen LogP contribution in [-0.2, 0) is 7.05 Å². The van der Waals surface area contributed by atoms with Crippen LogP contribution in [0.2, 0.25) is 0 Å². The maximum absolute atomic E-state index is 13.2. The number of rotatable bonds is 4. The van der Waals surface area contributed by atoms with Crippen LogP contribution in [0.15, 0.2) is 24.3 Å². The molecule has 26 heavy (non-hydrogen) atoms. The minimum atomic E-state index is -0.0496. The maximum Gasteiger partial charge on any atom is 0.268 e. The normalized spacial score (nSPS) is 20.5. The maximum atomic E-state index is 13.2. The zero-order chi connectivity index (χ0) is 18.1. The summed E-state index contributed by atoms with van der Waals surface area (Å²) in [6.07, 6.45) is 8.56. The molecule has 1 aromatic heterocycles. The largest absolute Gasteiger partial charge is 0.344 e. The highest BCUT2D eigenvalue weighted by atomic mass is 16.2. The Balaban J connectivity index is 1.59. The number of carbonyl (C=O) groups excluding carboxylic acids is 1. The quantitative estimate of drug-likeness (QED) is 0.901. The number of hydrogen-bond donors (Lipinski definition) is 1. The van der Waals surface area contributed by atoms with E-state index in [1.165, 1.54) is 50.8 Å². The summed E-state index contributed by atoms with van der Waals surface area (Å²) >= 11 is 0. The summed E-state index contributed by atoms with van der Waals surface area (Å²) in [5, 5.41) is 4.63. The number of likely N-dealkylation sites (tertiary alicyclic amines) is 1. The van der Waals surface area contributed by atoms with E-state index in [2.05, 4.69) is 35.3 Å². The van der Waals surface area contributed by atoms with Crippen molar-refractivity contribution in [2.75, 3.05) is 19.6 Å². The summed E-state index contributed by atoms with van der Waals surface area (Å²) in [6.45, 7) is 5.48. The van der Waals surface area contributed by atoms with E-state index in [9.17, 15) is 4.79 Å². The van der Waals surface area contributed by atoms with E-state index >= 15 is 0 Å². The summed E-state index contributed by atoms with van der Waals surface area (Å²) in [4.78, 5) is 15.8. The van der Waals surface area contributed by atoms with Gasteiger partial charge in [-0.3, -0.25) is 4.79 Å². The Morgan fingerprint density at radius 3 is 2.54 bits per heavy atom. The number of aromatic nitrogens is 1. The molecule has 1 amide bonds. The number of carbonyl (C=O) groups is 1. The van der Waals surface area contributed by atoms with Crippen LogP contribution in [0.1, 0.15) is 61.0 Å². The monoisotopic (exact) mass is 353 g/mol. The van der Waals surface area contributed by atoms with E-state index < -0.39 is 0 Å². The van der Waals surface area contributed by atoms with Gasteiger partial charge in [0, 0.05) is 24.5 Å². The lowest BCUT2D eigenvalue weighted by molar-refractivity contribution is 0.0814. The predicted octanol–water partition coefficient (Wildman–Crippen LogP) is 4.02. The van der Waals surface area contributed by atoms with Crippen LogP contribution in [-0.4, -0.2) is 40.5 Å². The zero-order valence-electron chi connectivity index (χ0n) is 16.2. The van der Waals surface area contributed by atoms with Crippen molar-refractivity contribution in [2.24, 2.45) is 7.05 Å². The van der Waals surface area contributed by atoms with Gasteiger partial charge in [0.2, 0.25) is 0 Å². The van der Waals surface area contributed by atoms with Crippen LogP contribution in [0.5, 0.6) is 0 Å². The molecule has 1 aromatic carbocycles. The third-order valence-corrected chi connectivity index (χ3v) is 6.35. The number of fused-ring (bicyclic) bond motifs is 1. The molecule has 0 atom stereocenters. The molecule has 1 saturated heterocycles. The van der Waals surface area contributed by atoms with Gasteiger partial charge in [0.05, 0.1) is 5.54 Å². The molecule has 2 heterocycles. The Bertz CT molecular complexity index is 795. The van der Waals surface area contributed by atoms with Gasteiger partial charge in [-0.05, 0) is 63.4 Å². The number of nitrogens with one attached hydrogen (secondary N) is 1. The van der Waals surface area contributed by atoms with Crippen molar-refractivity contribution < 1.29 is 4.79 Å². The smallest absolute Gasteiger partial charge is 0.268 e. The standard InChI is InChI=1S/C22H31N3O/c1-17-8-9-18-15-20(24(2)19(18)14-17)21(26)23-22(10-4-3-5-11-22)16-25-12-6-7-13-25/h8-9,14-15H,3-7,10-13,16H2,1-2H3,(H,23,26). The molecule has 2 aliphatic rings. The third kappa shape index (κ3) is 3.39. The zero-order valence-corrected chi connectivity index (χ0v) is 16.2. The Morgan fingerprint density at radius 2 is 1.81 bits per heavy atom. The van der Waals surface area contributed by atoms with E-state index in [-0.39, 0.29) is 11.4 Å². The summed E-state index contributed by atoms with van der Waals surface area (Å²) < 4.78 is 2.05. The van der Waals surface area contributed by atoms with Crippen molar-refractivity contribution in [1.29, 1.82) is 0 Å². The molecule has 4 rings (SSSR count). The molecule has 0 radical (unpaired) electrons. The average molecular weight is 354 g/mol. The summed E-state index contributed by atoms with van der Waals surface area (Å²) in [5.41, 5.74) is 3.08. The highest BCUT2D eigenvalue weighted by Crippen LogP contribution is 2.31. The number of aryl methyl sites for hydroxylation is 2. The van der Waals surface area contributed by atoms with Crippen molar-refractivity contribution in [3.63, 3.8) is 0 Å². The second-order valence-electron chi connectivity index (χ2n) is 8.43. The molecule has 140 valence electrons. The molecule has 1 N–H and O–H groups in total. The van der Waals surface area contributed by atoms with Crippen molar-refractivity contribution in [3.05, 3.63) is 35.5 Å². The average Bonchev–Trinajstić information content (AvgIpc) is 3.24. The third-order valence-electron chi connectivity index (χ3n) is 6.35. The van der Waals surface area contributed by atoms with Gasteiger partial charge in [0.15, 0.2) is 0 Å². The first-order valence-corrected chi connectivity index (χ1v) is 10.2. The molecule has 0 bridgehead atoms. The van der Waals surface area contributed by atoms with E-state index in [1.807, 2.05) is 17.7 Å². The lowest BCUT2D eigenvalue weighted by atomic mass is 9.81. The second-order valence-corrected chi connectivity index (χ2v) is 8.43. The van der Waals surface area contributed by atoms with Gasteiger partial charge >= 0.3 is 0 Å². The van der Waals surface area contributed by atoms with E-state index in [0.717, 1.165) is 36.0 Å². The summed E-state index contributed by atoms with van der Waals surface area (Å²) in [5.74, 6) is 0.0856. The number of amides is 1. The van der Waals surface area contributed by atoms with Crippen LogP contribution in [0.4, 0.5) is 0 Å². The predicted molar refractivity (Wildman–Crippen MR) is 107 cm³/mol. The van der Waals surface area contributed by atoms with E-state index in [0.29, 0.717) is 0 Å². The molecule has 4 nitrogen and oxygen atoms in total. The van der Waals surface area contributed by atoms with Crippen LogP contribution in [0, 0.1) is 6.92 Å². The van der Waals surface area contributed by atoms with Gasteiger partial charge in [-0.2, -0.15) is 0 Å². The Morgan fingerprint density at radius 1 is 1.08 bits per heavy atom. The highest BCUT2D eigenvalue weighted by molar-refractivity contribution is 5.99. The minimum Gasteiger partial charge on any atom is -0.344 e. The summed E-state index contributed by atoms with van der Waals surface area (Å²) in [6, 6.07) is 8.42. The van der Waals surface area contributed by atoms with Crippen molar-refractivity contribution in [1.82, 2.24) is 14.8 Å². The SMILES string of the molecule is Cc1ccc2cc(C(=O)NC3(CN4CCCC4)CCCCC3)n(C)c2c1. The number of benzene rings is 1. The molecule has 1 aliphatic heterocycles. The topological polar surface area (TPSA) is 37.3 Å². The summed E-state index contributed by atoms with van der Waals surface area (Å²) in [7, 11) is 2.00. The fourth-order valence-electron chi connectivity index (χ4n) is 4.88. The minimum absolute atomic E-state index is 0.0496. The molecule has 1 aliphatic carbocycles.